The van der Waals surface area contributed by atoms with Crippen molar-refractivity contribution >= 4 is 14.0 Å². The molecule has 0 spiro atoms. The highest BCUT2D eigenvalue weighted by Gasteiger charge is 2.37. The van der Waals surface area contributed by atoms with Gasteiger partial charge in [-0.05, 0) is 6.04 Å². The van der Waals surface area contributed by atoms with Crippen LogP contribution in [-0.4, -0.2) is 54.6 Å². The number of aliphatic hydroxyl groups excluding tert-OH is 1. The molecule has 0 aliphatic carbocycles. The first-order valence-corrected chi connectivity index (χ1v) is 9.31. The van der Waals surface area contributed by atoms with Gasteiger partial charge in [0.1, 0.15) is 6.04 Å². The number of aliphatic carboxylic acids is 1. The molecular weight excluding hydrogens is 226 g/mol. The van der Waals surface area contributed by atoms with Crippen molar-refractivity contribution in [1.82, 2.24) is 5.06 Å². The third kappa shape index (κ3) is 4.21. The molecule has 0 radical (unpaired) electrons. The number of rotatable bonds is 5. The summed E-state index contributed by atoms with van der Waals surface area (Å²) in [6.07, 6.45) is -0.338. The molecular formula is C10H21NO4Si. The zero-order valence-corrected chi connectivity index (χ0v) is 11.1. The summed E-state index contributed by atoms with van der Waals surface area (Å²) in [7, 11) is -1.16. The van der Waals surface area contributed by atoms with E-state index in [9.17, 15) is 9.90 Å². The molecule has 1 rings (SSSR count). The lowest BCUT2D eigenvalue weighted by Crippen LogP contribution is -2.37. The molecule has 1 fully saturated rings. The average Bonchev–Trinajstić information content (AvgIpc) is 2.44. The number of hydrogen-bond donors (Lipinski definition) is 2. The van der Waals surface area contributed by atoms with Crippen LogP contribution in [0.1, 0.15) is 6.42 Å². The SMILES string of the molecule is C[Si](C)(C)CCON1CC(O)CC1C(=O)O. The fourth-order valence-electron chi connectivity index (χ4n) is 1.62. The lowest BCUT2D eigenvalue weighted by atomic mass is 10.2. The lowest BCUT2D eigenvalue weighted by molar-refractivity contribution is -0.185. The topological polar surface area (TPSA) is 70.0 Å². The zero-order chi connectivity index (χ0) is 12.3. The molecule has 5 nitrogen and oxygen atoms in total. The summed E-state index contributed by atoms with van der Waals surface area (Å²) >= 11 is 0. The number of hydrogen-bond acceptors (Lipinski definition) is 4. The second-order valence-electron chi connectivity index (χ2n) is 5.49. The number of nitrogens with zero attached hydrogens (tertiary/aromatic N) is 1. The van der Waals surface area contributed by atoms with Gasteiger partial charge in [0.15, 0.2) is 0 Å². The van der Waals surface area contributed by atoms with E-state index in [1.807, 2.05) is 0 Å². The van der Waals surface area contributed by atoms with Crippen molar-refractivity contribution in [3.63, 3.8) is 0 Å². The molecule has 0 aromatic carbocycles. The Morgan fingerprint density at radius 3 is 2.62 bits per heavy atom. The minimum absolute atomic E-state index is 0.252. The van der Waals surface area contributed by atoms with Gasteiger partial charge in [0, 0.05) is 14.5 Å². The Hall–Kier alpha value is -0.433. The molecule has 16 heavy (non-hydrogen) atoms. The van der Waals surface area contributed by atoms with E-state index in [-0.39, 0.29) is 6.42 Å². The molecule has 0 bridgehead atoms. The Bertz CT molecular complexity index is 254. The van der Waals surface area contributed by atoms with E-state index in [2.05, 4.69) is 19.6 Å². The van der Waals surface area contributed by atoms with E-state index in [0.717, 1.165) is 6.04 Å². The van der Waals surface area contributed by atoms with Gasteiger partial charge >= 0.3 is 5.97 Å². The van der Waals surface area contributed by atoms with Crippen molar-refractivity contribution in [2.24, 2.45) is 0 Å². The van der Waals surface area contributed by atoms with Gasteiger partial charge in [0.25, 0.3) is 0 Å². The van der Waals surface area contributed by atoms with E-state index >= 15 is 0 Å². The van der Waals surface area contributed by atoms with Crippen LogP contribution in [-0.2, 0) is 9.63 Å². The Kier molecular flexibility index (Phi) is 4.49. The van der Waals surface area contributed by atoms with Crippen LogP contribution in [0.25, 0.3) is 0 Å². The highest BCUT2D eigenvalue weighted by atomic mass is 28.3. The first-order chi connectivity index (χ1) is 7.29. The zero-order valence-electron chi connectivity index (χ0n) is 10.1. The van der Waals surface area contributed by atoms with E-state index < -0.39 is 26.2 Å². The maximum atomic E-state index is 10.9. The summed E-state index contributed by atoms with van der Waals surface area (Å²) in [5.74, 6) is -0.926. The van der Waals surface area contributed by atoms with Gasteiger partial charge in [-0.1, -0.05) is 19.6 Å². The predicted molar refractivity (Wildman–Crippen MR) is 62.9 cm³/mol. The summed E-state index contributed by atoms with van der Waals surface area (Å²) in [6.45, 7) is 7.56. The van der Waals surface area contributed by atoms with Crippen molar-refractivity contribution in [2.75, 3.05) is 13.2 Å². The number of carbonyl (C=O) groups is 1. The van der Waals surface area contributed by atoms with Gasteiger partial charge in [-0.25, -0.2) is 0 Å². The fraction of sp³-hybridized carbons (Fsp3) is 0.900. The molecule has 0 saturated carbocycles. The number of aliphatic hydroxyl groups is 1. The maximum Gasteiger partial charge on any atom is 0.323 e. The van der Waals surface area contributed by atoms with Crippen LogP contribution in [0.4, 0.5) is 0 Å². The molecule has 2 atom stereocenters. The molecule has 0 aromatic heterocycles. The fourth-order valence-corrected chi connectivity index (χ4v) is 2.32. The molecule has 2 unspecified atom stereocenters. The van der Waals surface area contributed by atoms with Crippen LogP contribution >= 0.6 is 0 Å². The van der Waals surface area contributed by atoms with Crippen molar-refractivity contribution in [2.45, 2.75) is 44.3 Å². The third-order valence-corrected chi connectivity index (χ3v) is 4.33. The van der Waals surface area contributed by atoms with E-state index in [1.54, 1.807) is 0 Å². The smallest absolute Gasteiger partial charge is 0.323 e. The van der Waals surface area contributed by atoms with Gasteiger partial charge in [-0.3, -0.25) is 9.63 Å². The van der Waals surface area contributed by atoms with Gasteiger partial charge in [0.2, 0.25) is 0 Å². The van der Waals surface area contributed by atoms with Crippen LogP contribution in [0.15, 0.2) is 0 Å². The Morgan fingerprint density at radius 1 is 1.50 bits per heavy atom. The Balaban J connectivity index is 2.38. The molecule has 1 aliphatic rings. The van der Waals surface area contributed by atoms with Gasteiger partial charge < -0.3 is 10.2 Å². The van der Waals surface area contributed by atoms with E-state index in [0.29, 0.717) is 13.2 Å². The molecule has 94 valence electrons. The summed E-state index contributed by atoms with van der Waals surface area (Å²) < 4.78 is 0. The summed E-state index contributed by atoms with van der Waals surface area (Å²) in [5, 5.41) is 19.7. The Labute approximate surface area is 97.0 Å². The van der Waals surface area contributed by atoms with Gasteiger partial charge in [-0.15, -0.1) is 0 Å². The normalized spacial score (nSPS) is 27.2. The maximum absolute atomic E-state index is 10.9. The van der Waals surface area contributed by atoms with Crippen molar-refractivity contribution in [3.05, 3.63) is 0 Å². The minimum Gasteiger partial charge on any atom is -0.480 e. The number of carboxylic acid groups (broad SMARTS) is 1. The molecule has 0 amide bonds. The number of β-amino-alcohol motifs (C(OH)–C–C–N with tert-alkyl or cyclic N) is 1. The first-order valence-electron chi connectivity index (χ1n) is 5.60. The highest BCUT2D eigenvalue weighted by Crippen LogP contribution is 2.19. The predicted octanol–water partition coefficient (Wildman–Crippen LogP) is 0.776. The lowest BCUT2D eigenvalue weighted by Gasteiger charge is -2.22. The van der Waals surface area contributed by atoms with E-state index in [1.165, 1.54) is 5.06 Å². The summed E-state index contributed by atoms with van der Waals surface area (Å²) in [5.41, 5.74) is 0. The largest absolute Gasteiger partial charge is 0.480 e. The molecule has 0 aromatic rings. The van der Waals surface area contributed by atoms with Crippen molar-refractivity contribution < 1.29 is 19.8 Å². The monoisotopic (exact) mass is 247 g/mol. The molecule has 1 saturated heterocycles. The van der Waals surface area contributed by atoms with Crippen LogP contribution in [0.2, 0.25) is 25.7 Å². The van der Waals surface area contributed by atoms with E-state index in [4.69, 9.17) is 9.94 Å². The molecule has 6 heteroatoms. The molecule has 1 aliphatic heterocycles. The minimum atomic E-state index is -1.16. The summed E-state index contributed by atoms with van der Waals surface area (Å²) in [4.78, 5) is 16.3. The van der Waals surface area contributed by atoms with Crippen molar-refractivity contribution in [3.8, 4) is 0 Å². The number of carboxylic acids is 1. The van der Waals surface area contributed by atoms with Crippen LogP contribution in [0, 0.1) is 0 Å². The van der Waals surface area contributed by atoms with Gasteiger partial charge in [-0.2, -0.15) is 5.06 Å². The molecule has 2 N–H and O–H groups in total. The quantitative estimate of drug-likeness (QED) is 0.702. The average molecular weight is 247 g/mol. The van der Waals surface area contributed by atoms with Crippen molar-refractivity contribution in [1.29, 1.82) is 0 Å². The molecule has 1 heterocycles. The standard InChI is InChI=1S/C10H21NO4Si/c1-16(2,3)5-4-15-11-7-8(12)6-9(11)10(13)14/h8-9,12H,4-7H2,1-3H3,(H,13,14). The van der Waals surface area contributed by atoms with Gasteiger partial charge in [0.05, 0.1) is 19.3 Å². The van der Waals surface area contributed by atoms with Crippen LogP contribution in [0.3, 0.4) is 0 Å². The van der Waals surface area contributed by atoms with Crippen LogP contribution in [0.5, 0.6) is 0 Å². The number of hydroxylamine groups is 2. The van der Waals surface area contributed by atoms with Crippen LogP contribution < -0.4 is 0 Å². The third-order valence-electron chi connectivity index (χ3n) is 2.63. The highest BCUT2D eigenvalue weighted by molar-refractivity contribution is 6.76. The Morgan fingerprint density at radius 2 is 2.12 bits per heavy atom. The second-order valence-corrected chi connectivity index (χ2v) is 11.1. The second kappa shape index (κ2) is 5.26. The summed E-state index contributed by atoms with van der Waals surface area (Å²) in [6, 6.07) is 0.294. The first kappa shape index (κ1) is 13.6.